The Morgan fingerprint density at radius 3 is 2.87 bits per heavy atom. The fraction of sp³-hybridized carbons (Fsp3) is 0.333. The van der Waals surface area contributed by atoms with Crippen molar-refractivity contribution in [3.05, 3.63) is 59.5 Å². The van der Waals surface area contributed by atoms with E-state index in [1.54, 1.807) is 0 Å². The molecule has 0 spiro atoms. The number of rotatable bonds is 9. The van der Waals surface area contributed by atoms with Gasteiger partial charge < -0.3 is 25.0 Å². The average Bonchev–Trinajstić information content (AvgIpc) is 2.75. The summed E-state index contributed by atoms with van der Waals surface area (Å²) in [6.07, 6.45) is 0.519. The van der Waals surface area contributed by atoms with Gasteiger partial charge in [-0.3, -0.25) is 4.79 Å². The number of hydrogen-bond acceptors (Lipinski definition) is 6. The summed E-state index contributed by atoms with van der Waals surface area (Å²) in [7, 11) is 0. The van der Waals surface area contributed by atoms with E-state index < -0.39 is 5.82 Å². The van der Waals surface area contributed by atoms with Crippen molar-refractivity contribution in [2.45, 2.75) is 6.42 Å². The minimum atomic E-state index is -0.594. The maximum absolute atomic E-state index is 13.4. The smallest absolute Gasteiger partial charge is 0.257 e. The van der Waals surface area contributed by atoms with Crippen LogP contribution in [0.4, 0.5) is 16.0 Å². The van der Waals surface area contributed by atoms with E-state index in [2.05, 4.69) is 27.1 Å². The van der Waals surface area contributed by atoms with E-state index in [9.17, 15) is 9.18 Å². The molecule has 1 amide bonds. The Morgan fingerprint density at radius 1 is 1.30 bits per heavy atom. The second kappa shape index (κ2) is 10.8. The number of pyridine rings is 1. The van der Waals surface area contributed by atoms with Crippen molar-refractivity contribution in [3.63, 3.8) is 0 Å². The van der Waals surface area contributed by atoms with E-state index in [1.165, 1.54) is 12.1 Å². The monoisotopic (exact) mass is 434 g/mol. The fourth-order valence-corrected chi connectivity index (χ4v) is 2.94. The van der Waals surface area contributed by atoms with E-state index >= 15 is 0 Å². The molecule has 1 fully saturated rings. The number of anilines is 2. The van der Waals surface area contributed by atoms with Crippen molar-refractivity contribution in [2.24, 2.45) is 0 Å². The zero-order chi connectivity index (χ0) is 21.3. The molecule has 160 valence electrons. The molecule has 0 atom stereocenters. The van der Waals surface area contributed by atoms with Crippen molar-refractivity contribution >= 4 is 29.1 Å². The van der Waals surface area contributed by atoms with Crippen LogP contribution in [0.25, 0.3) is 0 Å². The van der Waals surface area contributed by atoms with Crippen LogP contribution in [0.3, 0.4) is 0 Å². The topological polar surface area (TPSA) is 75.7 Å². The maximum Gasteiger partial charge on any atom is 0.257 e. The van der Waals surface area contributed by atoms with E-state index in [0.717, 1.165) is 30.7 Å². The molecule has 0 bridgehead atoms. The molecule has 3 rings (SSSR count). The van der Waals surface area contributed by atoms with E-state index in [0.29, 0.717) is 32.0 Å². The Balaban J connectivity index is 1.38. The third kappa shape index (κ3) is 6.60. The van der Waals surface area contributed by atoms with Crippen LogP contribution in [0.2, 0.25) is 5.02 Å². The molecule has 2 aromatic rings. The van der Waals surface area contributed by atoms with E-state index in [-0.39, 0.29) is 23.3 Å². The molecule has 0 aliphatic carbocycles. The second-order valence-electron chi connectivity index (χ2n) is 6.67. The number of aromatic nitrogens is 1. The van der Waals surface area contributed by atoms with Gasteiger partial charge in [0.1, 0.15) is 23.2 Å². The Labute approximate surface area is 179 Å². The molecule has 1 aromatic carbocycles. The maximum atomic E-state index is 13.4. The number of hydrogen-bond donors (Lipinski definition) is 2. The number of carbonyl (C=O) groups is 1. The van der Waals surface area contributed by atoms with Gasteiger partial charge in [-0.05, 0) is 24.3 Å². The number of amides is 1. The highest BCUT2D eigenvalue weighted by Gasteiger charge is 2.12. The summed E-state index contributed by atoms with van der Waals surface area (Å²) in [5.41, 5.74) is 0.725. The lowest BCUT2D eigenvalue weighted by molar-refractivity contribution is -0.123. The minimum Gasteiger partial charge on any atom is -0.484 e. The number of halogens is 2. The quantitative estimate of drug-likeness (QED) is 0.631. The lowest BCUT2D eigenvalue weighted by atomic mass is 10.3. The van der Waals surface area contributed by atoms with Crippen LogP contribution in [-0.4, -0.2) is 50.3 Å². The van der Waals surface area contributed by atoms with Gasteiger partial charge in [0.2, 0.25) is 0 Å². The Hall–Kier alpha value is -2.84. The molecule has 7 nitrogen and oxygen atoms in total. The van der Waals surface area contributed by atoms with Gasteiger partial charge in [-0.2, -0.15) is 0 Å². The van der Waals surface area contributed by atoms with Gasteiger partial charge in [0, 0.05) is 37.8 Å². The van der Waals surface area contributed by atoms with Crippen LogP contribution in [0.15, 0.2) is 48.7 Å². The first-order valence-electron chi connectivity index (χ1n) is 9.60. The molecule has 1 aliphatic rings. The fourth-order valence-electron chi connectivity index (χ4n) is 2.82. The van der Waals surface area contributed by atoms with Crippen molar-refractivity contribution in [3.8, 4) is 5.75 Å². The number of morpholine rings is 1. The summed E-state index contributed by atoms with van der Waals surface area (Å²) in [4.78, 5) is 18.7. The molecule has 1 aliphatic heterocycles. The first kappa shape index (κ1) is 21.9. The summed E-state index contributed by atoms with van der Waals surface area (Å²) in [5, 5.41) is 5.90. The average molecular weight is 435 g/mol. The molecule has 2 heterocycles. The third-order valence-corrected chi connectivity index (χ3v) is 4.69. The van der Waals surface area contributed by atoms with Gasteiger partial charge in [0.15, 0.2) is 6.61 Å². The van der Waals surface area contributed by atoms with Gasteiger partial charge in [0.25, 0.3) is 5.91 Å². The second-order valence-corrected chi connectivity index (χ2v) is 7.08. The lowest BCUT2D eigenvalue weighted by Gasteiger charge is -2.28. The first-order chi connectivity index (χ1) is 14.5. The largest absolute Gasteiger partial charge is 0.484 e. The molecule has 0 saturated carbocycles. The minimum absolute atomic E-state index is 0.00258. The number of nitrogens with zero attached hydrogens (tertiary/aromatic N) is 2. The first-order valence-corrected chi connectivity index (χ1v) is 9.98. The molecule has 0 radical (unpaired) electrons. The van der Waals surface area contributed by atoms with Crippen molar-refractivity contribution in [1.82, 2.24) is 10.3 Å². The van der Waals surface area contributed by atoms with E-state index in [4.69, 9.17) is 21.1 Å². The number of benzene rings is 1. The molecule has 1 saturated heterocycles. The van der Waals surface area contributed by atoms with E-state index in [1.807, 2.05) is 18.2 Å². The van der Waals surface area contributed by atoms with Gasteiger partial charge in [0.05, 0.1) is 18.2 Å². The van der Waals surface area contributed by atoms with Crippen LogP contribution >= 0.6 is 11.6 Å². The summed E-state index contributed by atoms with van der Waals surface area (Å²) in [5.74, 6) is 0.918. The van der Waals surface area contributed by atoms with Crippen LogP contribution in [0, 0.1) is 5.82 Å². The molecule has 0 unspecified atom stereocenters. The summed E-state index contributed by atoms with van der Waals surface area (Å²) < 4.78 is 24.0. The molecular weight excluding hydrogens is 411 g/mol. The third-order valence-electron chi connectivity index (χ3n) is 4.38. The highest BCUT2D eigenvalue weighted by Crippen LogP contribution is 2.20. The van der Waals surface area contributed by atoms with Crippen LogP contribution in [-0.2, 0) is 9.53 Å². The number of nitrogens with one attached hydrogen (secondary N) is 2. The zero-order valence-electron chi connectivity index (χ0n) is 16.5. The summed E-state index contributed by atoms with van der Waals surface area (Å²) in [6, 6.07) is 9.79. The van der Waals surface area contributed by atoms with Crippen LogP contribution in [0.1, 0.15) is 6.42 Å². The summed E-state index contributed by atoms with van der Waals surface area (Å²) >= 11 is 5.61. The van der Waals surface area contributed by atoms with Crippen molar-refractivity contribution < 1.29 is 18.7 Å². The predicted molar refractivity (Wildman–Crippen MR) is 115 cm³/mol. The molecule has 1 aromatic heterocycles. The highest BCUT2D eigenvalue weighted by atomic mass is 35.5. The Bertz CT molecular complexity index is 890. The highest BCUT2D eigenvalue weighted by molar-refractivity contribution is 6.30. The van der Waals surface area contributed by atoms with Gasteiger partial charge in [-0.1, -0.05) is 24.2 Å². The van der Waals surface area contributed by atoms with Crippen molar-refractivity contribution in [1.29, 1.82) is 0 Å². The predicted octanol–water partition coefficient (Wildman–Crippen LogP) is 3.22. The van der Waals surface area contributed by atoms with Gasteiger partial charge >= 0.3 is 0 Å². The Morgan fingerprint density at radius 2 is 2.10 bits per heavy atom. The van der Waals surface area contributed by atoms with Gasteiger partial charge in [-0.15, -0.1) is 0 Å². The number of ether oxygens (including phenoxy) is 2. The Kier molecular flexibility index (Phi) is 7.87. The van der Waals surface area contributed by atoms with Crippen LogP contribution in [0.5, 0.6) is 5.75 Å². The molecule has 9 heteroatoms. The zero-order valence-corrected chi connectivity index (χ0v) is 17.3. The van der Waals surface area contributed by atoms with Gasteiger partial charge in [-0.25, -0.2) is 9.37 Å². The lowest BCUT2D eigenvalue weighted by Crippen LogP contribution is -2.36. The normalized spacial score (nSPS) is 13.6. The molecule has 2 N–H and O–H groups in total. The van der Waals surface area contributed by atoms with Crippen molar-refractivity contribution in [2.75, 3.05) is 49.7 Å². The van der Waals surface area contributed by atoms with Crippen LogP contribution < -0.4 is 20.3 Å². The molecular formula is C21H24ClFN4O3. The summed E-state index contributed by atoms with van der Waals surface area (Å²) in [6.45, 7) is 7.16. The SMILES string of the molecule is C=C(CCNC(=O)COc1ccc(Cl)c(F)c1)Nc1cccc(N2CCOCC2)n1. The number of carbonyl (C=O) groups excluding carboxylic acids is 1. The standard InChI is InChI=1S/C21H24ClFN4O3/c1-15(25-19-3-2-4-20(26-19)27-9-11-29-12-10-27)7-8-24-21(28)14-30-16-5-6-17(22)18(23)13-16/h2-6,13H,1,7-12,14H2,(H,24,28)(H,25,26). The molecule has 30 heavy (non-hydrogen) atoms.